The van der Waals surface area contributed by atoms with Gasteiger partial charge < -0.3 is 14.4 Å². The van der Waals surface area contributed by atoms with Crippen molar-refractivity contribution >= 4 is 11.9 Å². The summed E-state index contributed by atoms with van der Waals surface area (Å²) < 4.78 is 10.8. The highest BCUT2D eigenvalue weighted by atomic mass is 16.6. The summed E-state index contributed by atoms with van der Waals surface area (Å²) in [5, 5.41) is 0. The van der Waals surface area contributed by atoms with Gasteiger partial charge in [0.2, 0.25) is 6.10 Å². The molecule has 24 heavy (non-hydrogen) atoms. The van der Waals surface area contributed by atoms with Crippen LogP contribution < -0.4 is 0 Å². The average Bonchev–Trinajstić information content (AvgIpc) is 2.64. The Balaban J connectivity index is 2.12. The van der Waals surface area contributed by atoms with E-state index in [9.17, 15) is 9.59 Å². The average molecular weight is 331 g/mol. The van der Waals surface area contributed by atoms with Crippen LogP contribution in [0.15, 0.2) is 43.0 Å². The van der Waals surface area contributed by atoms with Gasteiger partial charge >= 0.3 is 5.97 Å². The minimum Gasteiger partial charge on any atom is -0.445 e. The number of piperidine rings is 1. The fourth-order valence-electron chi connectivity index (χ4n) is 2.66. The van der Waals surface area contributed by atoms with Gasteiger partial charge in [-0.1, -0.05) is 36.4 Å². The Bertz CT molecular complexity index is 552. The maximum Gasteiger partial charge on any atom is 0.336 e. The molecule has 0 aliphatic carbocycles. The van der Waals surface area contributed by atoms with Crippen LogP contribution in [0.4, 0.5) is 0 Å². The third-order valence-corrected chi connectivity index (χ3v) is 4.02. The predicted molar refractivity (Wildman–Crippen MR) is 91.3 cm³/mol. The van der Waals surface area contributed by atoms with Crippen LogP contribution in [0.5, 0.6) is 0 Å². The lowest BCUT2D eigenvalue weighted by molar-refractivity contribution is -0.169. The fraction of sp³-hybridized carbons (Fsp3) is 0.474. The first-order valence-corrected chi connectivity index (χ1v) is 8.40. The van der Waals surface area contributed by atoms with Crippen LogP contribution >= 0.6 is 0 Å². The number of rotatable bonds is 7. The van der Waals surface area contributed by atoms with E-state index in [1.165, 1.54) is 0 Å². The summed E-state index contributed by atoms with van der Waals surface area (Å²) in [6.07, 6.45) is 3.00. The molecule has 0 saturated carbocycles. The SMILES string of the molecule is C=CCOC(C)C(=O)OC(C(=O)N1CCCCC1)c1ccccc1. The maximum absolute atomic E-state index is 12.9. The van der Waals surface area contributed by atoms with Gasteiger partial charge in [0.05, 0.1) is 6.61 Å². The van der Waals surface area contributed by atoms with Crippen LogP contribution in [0, 0.1) is 0 Å². The van der Waals surface area contributed by atoms with Crippen LogP contribution in [-0.2, 0) is 19.1 Å². The molecule has 0 radical (unpaired) electrons. The number of carbonyl (C=O) groups excluding carboxylic acids is 2. The predicted octanol–water partition coefficient (Wildman–Crippen LogP) is 2.87. The largest absolute Gasteiger partial charge is 0.445 e. The van der Waals surface area contributed by atoms with Crippen LogP contribution in [0.1, 0.15) is 37.9 Å². The van der Waals surface area contributed by atoms with Crippen LogP contribution in [0.25, 0.3) is 0 Å². The van der Waals surface area contributed by atoms with Crippen molar-refractivity contribution in [3.05, 3.63) is 48.6 Å². The molecule has 0 aromatic heterocycles. The number of benzene rings is 1. The van der Waals surface area contributed by atoms with E-state index in [-0.39, 0.29) is 12.5 Å². The van der Waals surface area contributed by atoms with E-state index < -0.39 is 18.2 Å². The topological polar surface area (TPSA) is 55.8 Å². The lowest BCUT2D eigenvalue weighted by atomic mass is 10.1. The normalized spacial score (nSPS) is 17.0. The van der Waals surface area contributed by atoms with Gasteiger partial charge in [-0.15, -0.1) is 6.58 Å². The molecule has 130 valence electrons. The summed E-state index contributed by atoms with van der Waals surface area (Å²) in [7, 11) is 0. The molecular formula is C19H25NO4. The summed E-state index contributed by atoms with van der Waals surface area (Å²) >= 11 is 0. The van der Waals surface area contributed by atoms with Crippen molar-refractivity contribution in [2.45, 2.75) is 38.4 Å². The van der Waals surface area contributed by atoms with Crippen molar-refractivity contribution in [3.8, 4) is 0 Å². The zero-order valence-electron chi connectivity index (χ0n) is 14.1. The zero-order valence-corrected chi connectivity index (χ0v) is 14.1. The van der Waals surface area contributed by atoms with Gasteiger partial charge in [-0.2, -0.15) is 0 Å². The Morgan fingerprint density at radius 2 is 1.88 bits per heavy atom. The molecule has 2 atom stereocenters. The molecule has 1 amide bonds. The Morgan fingerprint density at radius 1 is 1.21 bits per heavy atom. The summed E-state index contributed by atoms with van der Waals surface area (Å²) in [6.45, 7) is 6.84. The molecule has 1 aliphatic rings. The molecule has 0 N–H and O–H groups in total. The molecule has 1 saturated heterocycles. The summed E-state index contributed by atoms with van der Waals surface area (Å²) in [5.74, 6) is -0.707. The number of carbonyl (C=O) groups is 2. The summed E-state index contributed by atoms with van der Waals surface area (Å²) in [6, 6.07) is 9.13. The van der Waals surface area contributed by atoms with Gasteiger partial charge in [0.1, 0.15) is 0 Å². The van der Waals surface area contributed by atoms with Crippen molar-refractivity contribution in [3.63, 3.8) is 0 Å². The summed E-state index contributed by atoms with van der Waals surface area (Å²) in [4.78, 5) is 26.9. The molecule has 1 fully saturated rings. The van der Waals surface area contributed by atoms with E-state index in [0.29, 0.717) is 18.7 Å². The van der Waals surface area contributed by atoms with E-state index in [1.54, 1.807) is 30.0 Å². The van der Waals surface area contributed by atoms with E-state index >= 15 is 0 Å². The third-order valence-electron chi connectivity index (χ3n) is 4.02. The smallest absolute Gasteiger partial charge is 0.336 e. The van der Waals surface area contributed by atoms with E-state index in [2.05, 4.69) is 6.58 Å². The number of ether oxygens (including phenoxy) is 2. The molecule has 1 aromatic rings. The molecule has 2 unspecified atom stereocenters. The van der Waals surface area contributed by atoms with Crippen molar-refractivity contribution in [1.29, 1.82) is 0 Å². The molecule has 2 rings (SSSR count). The standard InChI is InChI=1S/C19H25NO4/c1-3-14-23-15(2)19(22)24-17(16-10-6-4-7-11-16)18(21)20-12-8-5-9-13-20/h3-4,6-7,10-11,15,17H,1,5,8-9,12-14H2,2H3. The van der Waals surface area contributed by atoms with Crippen LogP contribution in [-0.4, -0.2) is 42.6 Å². The van der Waals surface area contributed by atoms with Crippen molar-refractivity contribution in [2.75, 3.05) is 19.7 Å². The van der Waals surface area contributed by atoms with Gasteiger partial charge in [-0.3, -0.25) is 4.79 Å². The molecule has 1 aliphatic heterocycles. The maximum atomic E-state index is 12.9. The van der Waals surface area contributed by atoms with Crippen LogP contribution in [0.3, 0.4) is 0 Å². The number of amides is 1. The van der Waals surface area contributed by atoms with Gasteiger partial charge in [0, 0.05) is 18.7 Å². The van der Waals surface area contributed by atoms with Gasteiger partial charge in [-0.25, -0.2) is 4.79 Å². The van der Waals surface area contributed by atoms with Crippen molar-refractivity contribution < 1.29 is 19.1 Å². The lowest BCUT2D eigenvalue weighted by Gasteiger charge is -2.30. The Kier molecular flexibility index (Phi) is 7.00. The van der Waals surface area contributed by atoms with Crippen molar-refractivity contribution in [1.82, 2.24) is 4.90 Å². The number of hydrogen-bond acceptors (Lipinski definition) is 4. The Labute approximate surface area is 143 Å². The Morgan fingerprint density at radius 3 is 2.50 bits per heavy atom. The highest BCUT2D eigenvalue weighted by molar-refractivity contribution is 5.86. The fourth-order valence-corrected chi connectivity index (χ4v) is 2.66. The molecule has 1 heterocycles. The number of nitrogens with zero attached hydrogens (tertiary/aromatic N) is 1. The second-order valence-corrected chi connectivity index (χ2v) is 5.88. The van der Waals surface area contributed by atoms with E-state index in [4.69, 9.17) is 9.47 Å². The second-order valence-electron chi connectivity index (χ2n) is 5.88. The zero-order chi connectivity index (χ0) is 17.4. The first-order chi connectivity index (χ1) is 11.6. The van der Waals surface area contributed by atoms with Gasteiger partial charge in [0.25, 0.3) is 5.91 Å². The minimum atomic E-state index is -0.924. The molecule has 5 heteroatoms. The van der Waals surface area contributed by atoms with Gasteiger partial charge in [0.15, 0.2) is 6.10 Å². The second kappa shape index (κ2) is 9.23. The summed E-state index contributed by atoms with van der Waals surface area (Å²) in [5.41, 5.74) is 0.678. The third kappa shape index (κ3) is 4.93. The first-order valence-electron chi connectivity index (χ1n) is 8.40. The number of hydrogen-bond donors (Lipinski definition) is 0. The van der Waals surface area contributed by atoms with Crippen molar-refractivity contribution in [2.24, 2.45) is 0 Å². The number of esters is 1. The minimum absolute atomic E-state index is 0.162. The molecule has 0 spiro atoms. The van der Waals surface area contributed by atoms with E-state index in [1.807, 2.05) is 18.2 Å². The highest BCUT2D eigenvalue weighted by Crippen LogP contribution is 2.23. The van der Waals surface area contributed by atoms with E-state index in [0.717, 1.165) is 19.3 Å². The Hall–Kier alpha value is -2.14. The molecule has 0 bridgehead atoms. The monoisotopic (exact) mass is 331 g/mol. The van der Waals surface area contributed by atoms with Gasteiger partial charge in [-0.05, 0) is 26.2 Å². The lowest BCUT2D eigenvalue weighted by Crippen LogP contribution is -2.41. The highest BCUT2D eigenvalue weighted by Gasteiger charge is 2.31. The number of likely N-dealkylation sites (tertiary alicyclic amines) is 1. The molecular weight excluding hydrogens is 306 g/mol. The molecule has 1 aromatic carbocycles. The quantitative estimate of drug-likeness (QED) is 0.569. The molecule has 5 nitrogen and oxygen atoms in total. The first kappa shape index (κ1) is 18.2. The van der Waals surface area contributed by atoms with Crippen LogP contribution in [0.2, 0.25) is 0 Å².